The zero-order chi connectivity index (χ0) is 10.8. The smallest absolute Gasteiger partial charge is 0.122 e. The fourth-order valence-corrected chi connectivity index (χ4v) is 2.32. The molecule has 2 rings (SSSR count). The molecule has 84 valence electrons. The van der Waals surface area contributed by atoms with Crippen molar-refractivity contribution in [3.63, 3.8) is 0 Å². The zero-order valence-electron chi connectivity index (χ0n) is 9.56. The first kappa shape index (κ1) is 10.6. The van der Waals surface area contributed by atoms with Crippen molar-refractivity contribution in [3.05, 3.63) is 18.2 Å². The first-order valence-electron chi connectivity index (χ1n) is 5.66. The van der Waals surface area contributed by atoms with Gasteiger partial charge >= 0.3 is 0 Å². The van der Waals surface area contributed by atoms with Crippen molar-refractivity contribution in [2.75, 3.05) is 13.1 Å². The van der Waals surface area contributed by atoms with Crippen LogP contribution in [0.2, 0.25) is 0 Å². The van der Waals surface area contributed by atoms with E-state index in [0.717, 1.165) is 26.2 Å². The molecule has 0 amide bonds. The van der Waals surface area contributed by atoms with Gasteiger partial charge in [0.1, 0.15) is 5.82 Å². The molecule has 0 spiro atoms. The largest absolute Gasteiger partial charge is 0.333 e. The van der Waals surface area contributed by atoms with Crippen LogP contribution in [0.1, 0.15) is 19.7 Å². The number of fused-ring (bicyclic) bond motifs is 1. The van der Waals surface area contributed by atoms with Crippen LogP contribution in [-0.4, -0.2) is 33.6 Å². The Balaban J connectivity index is 2.08. The number of nitrogens with zero attached hydrogens (tertiary/aromatic N) is 3. The van der Waals surface area contributed by atoms with Crippen LogP contribution >= 0.6 is 0 Å². The lowest BCUT2D eigenvalue weighted by Crippen LogP contribution is -2.47. The third kappa shape index (κ3) is 2.06. The minimum absolute atomic E-state index is 0.482. The van der Waals surface area contributed by atoms with Crippen molar-refractivity contribution in [1.29, 1.82) is 0 Å². The average Bonchev–Trinajstić information content (AvgIpc) is 2.65. The summed E-state index contributed by atoms with van der Waals surface area (Å²) in [6, 6.07) is 0.482. The zero-order valence-corrected chi connectivity index (χ0v) is 9.56. The summed E-state index contributed by atoms with van der Waals surface area (Å²) in [5.41, 5.74) is 5.83. The van der Waals surface area contributed by atoms with E-state index in [1.807, 2.05) is 6.20 Å². The fraction of sp³-hybridized carbons (Fsp3) is 0.727. The van der Waals surface area contributed by atoms with Crippen molar-refractivity contribution >= 4 is 0 Å². The SMILES string of the molecule is CC(C)C(CN)N1CCn2ccnc2C1. The van der Waals surface area contributed by atoms with E-state index < -0.39 is 0 Å². The van der Waals surface area contributed by atoms with E-state index in [1.165, 1.54) is 5.82 Å². The average molecular weight is 208 g/mol. The lowest BCUT2D eigenvalue weighted by Gasteiger charge is -2.36. The first-order chi connectivity index (χ1) is 7.22. The van der Waals surface area contributed by atoms with Gasteiger partial charge in [0.25, 0.3) is 0 Å². The summed E-state index contributed by atoms with van der Waals surface area (Å²) >= 11 is 0. The van der Waals surface area contributed by atoms with Gasteiger partial charge in [0.05, 0.1) is 6.54 Å². The molecule has 1 aromatic rings. The first-order valence-corrected chi connectivity index (χ1v) is 5.66. The highest BCUT2D eigenvalue weighted by Crippen LogP contribution is 2.17. The topological polar surface area (TPSA) is 47.1 Å². The van der Waals surface area contributed by atoms with Gasteiger partial charge in [-0.05, 0) is 5.92 Å². The lowest BCUT2D eigenvalue weighted by molar-refractivity contribution is 0.123. The van der Waals surface area contributed by atoms with E-state index in [4.69, 9.17) is 5.73 Å². The summed E-state index contributed by atoms with van der Waals surface area (Å²) in [6.45, 7) is 8.27. The van der Waals surface area contributed by atoms with Crippen LogP contribution < -0.4 is 5.73 Å². The third-order valence-corrected chi connectivity index (χ3v) is 3.25. The second kappa shape index (κ2) is 4.33. The third-order valence-electron chi connectivity index (χ3n) is 3.25. The van der Waals surface area contributed by atoms with Crippen molar-refractivity contribution in [2.45, 2.75) is 33.0 Å². The van der Waals surface area contributed by atoms with E-state index in [1.54, 1.807) is 0 Å². The molecule has 0 bridgehead atoms. The highest BCUT2D eigenvalue weighted by Gasteiger charge is 2.24. The predicted molar refractivity (Wildman–Crippen MR) is 60.3 cm³/mol. The standard InChI is InChI=1S/C11H20N4/c1-9(2)10(7-12)15-6-5-14-4-3-13-11(14)8-15/h3-4,9-10H,5-8,12H2,1-2H3. The molecular weight excluding hydrogens is 188 g/mol. The number of aromatic nitrogens is 2. The molecule has 4 nitrogen and oxygen atoms in total. The summed E-state index contributed by atoms with van der Waals surface area (Å²) in [4.78, 5) is 6.81. The molecule has 15 heavy (non-hydrogen) atoms. The summed E-state index contributed by atoms with van der Waals surface area (Å²) in [6.07, 6.45) is 3.94. The van der Waals surface area contributed by atoms with Crippen molar-refractivity contribution in [1.82, 2.24) is 14.5 Å². The van der Waals surface area contributed by atoms with Crippen LogP contribution in [0, 0.1) is 5.92 Å². The van der Waals surface area contributed by atoms with Crippen LogP contribution in [0.25, 0.3) is 0 Å². The molecule has 1 unspecified atom stereocenters. The van der Waals surface area contributed by atoms with Crippen LogP contribution in [-0.2, 0) is 13.1 Å². The number of rotatable bonds is 3. The number of imidazole rings is 1. The fourth-order valence-electron chi connectivity index (χ4n) is 2.32. The van der Waals surface area contributed by atoms with Crippen molar-refractivity contribution in [3.8, 4) is 0 Å². The number of nitrogens with two attached hydrogens (primary N) is 1. The highest BCUT2D eigenvalue weighted by atomic mass is 15.3. The van der Waals surface area contributed by atoms with Gasteiger partial charge in [-0.1, -0.05) is 13.8 Å². The van der Waals surface area contributed by atoms with Gasteiger partial charge in [-0.3, -0.25) is 4.90 Å². The van der Waals surface area contributed by atoms with Crippen LogP contribution in [0.3, 0.4) is 0 Å². The van der Waals surface area contributed by atoms with Gasteiger partial charge in [0.2, 0.25) is 0 Å². The summed E-state index contributed by atoms with van der Waals surface area (Å²) in [5, 5.41) is 0. The Hall–Kier alpha value is -0.870. The molecule has 4 heteroatoms. The Morgan fingerprint density at radius 1 is 1.47 bits per heavy atom. The Morgan fingerprint density at radius 2 is 2.27 bits per heavy atom. The Kier molecular flexibility index (Phi) is 3.07. The molecule has 1 atom stereocenters. The maximum Gasteiger partial charge on any atom is 0.122 e. The van der Waals surface area contributed by atoms with Gasteiger partial charge in [-0.15, -0.1) is 0 Å². The maximum absolute atomic E-state index is 5.83. The summed E-state index contributed by atoms with van der Waals surface area (Å²) < 4.78 is 2.23. The van der Waals surface area contributed by atoms with E-state index in [2.05, 4.69) is 34.5 Å². The van der Waals surface area contributed by atoms with E-state index in [9.17, 15) is 0 Å². The minimum atomic E-state index is 0.482. The Bertz CT molecular complexity index is 318. The molecule has 0 radical (unpaired) electrons. The Morgan fingerprint density at radius 3 is 2.93 bits per heavy atom. The maximum atomic E-state index is 5.83. The lowest BCUT2D eigenvalue weighted by atomic mass is 10.0. The van der Waals surface area contributed by atoms with Gasteiger partial charge in [0.15, 0.2) is 0 Å². The normalized spacial score (nSPS) is 19.2. The van der Waals surface area contributed by atoms with Gasteiger partial charge in [0, 0.05) is 38.1 Å². The molecule has 0 aromatic carbocycles. The summed E-state index contributed by atoms with van der Waals surface area (Å²) in [7, 11) is 0. The van der Waals surface area contributed by atoms with E-state index >= 15 is 0 Å². The van der Waals surface area contributed by atoms with E-state index in [-0.39, 0.29) is 0 Å². The second-order valence-electron chi connectivity index (χ2n) is 4.55. The van der Waals surface area contributed by atoms with Crippen molar-refractivity contribution < 1.29 is 0 Å². The van der Waals surface area contributed by atoms with Crippen molar-refractivity contribution in [2.24, 2.45) is 11.7 Å². The highest BCUT2D eigenvalue weighted by molar-refractivity contribution is 4.97. The van der Waals surface area contributed by atoms with Crippen LogP contribution in [0.15, 0.2) is 12.4 Å². The molecule has 2 N–H and O–H groups in total. The van der Waals surface area contributed by atoms with Crippen LogP contribution in [0.5, 0.6) is 0 Å². The molecule has 2 heterocycles. The molecule has 1 aliphatic heterocycles. The Labute approximate surface area is 91.1 Å². The van der Waals surface area contributed by atoms with Crippen LogP contribution in [0.4, 0.5) is 0 Å². The molecule has 1 aliphatic rings. The molecule has 0 saturated heterocycles. The molecule has 1 aromatic heterocycles. The predicted octanol–water partition coefficient (Wildman–Crippen LogP) is 0.682. The number of hydrogen-bond donors (Lipinski definition) is 1. The van der Waals surface area contributed by atoms with Gasteiger partial charge < -0.3 is 10.3 Å². The molecular formula is C11H20N4. The quantitative estimate of drug-likeness (QED) is 0.794. The molecule has 0 fully saturated rings. The second-order valence-corrected chi connectivity index (χ2v) is 4.55. The monoisotopic (exact) mass is 208 g/mol. The molecule has 0 saturated carbocycles. The van der Waals surface area contributed by atoms with E-state index in [0.29, 0.717) is 12.0 Å². The van der Waals surface area contributed by atoms with Gasteiger partial charge in [-0.2, -0.15) is 0 Å². The van der Waals surface area contributed by atoms with Gasteiger partial charge in [-0.25, -0.2) is 4.98 Å². The minimum Gasteiger partial charge on any atom is -0.333 e. The summed E-state index contributed by atoms with van der Waals surface area (Å²) in [5.74, 6) is 1.77. The number of hydrogen-bond acceptors (Lipinski definition) is 3. The molecule has 0 aliphatic carbocycles.